The maximum absolute atomic E-state index is 11.1. The van der Waals surface area contributed by atoms with E-state index in [0.29, 0.717) is 18.3 Å². The van der Waals surface area contributed by atoms with Crippen LogP contribution >= 0.6 is 0 Å². The first-order chi connectivity index (χ1) is 8.56. The van der Waals surface area contributed by atoms with Crippen LogP contribution in [-0.4, -0.2) is 28.0 Å². The van der Waals surface area contributed by atoms with Crippen molar-refractivity contribution in [2.75, 3.05) is 7.05 Å². The molecule has 0 saturated carbocycles. The fourth-order valence-corrected chi connectivity index (χ4v) is 1.53. The van der Waals surface area contributed by atoms with Gasteiger partial charge in [-0.05, 0) is 13.0 Å². The van der Waals surface area contributed by atoms with Gasteiger partial charge >= 0.3 is 0 Å². The van der Waals surface area contributed by atoms with E-state index in [4.69, 9.17) is 4.52 Å². The summed E-state index contributed by atoms with van der Waals surface area (Å²) < 4.78 is 5.12. The lowest BCUT2D eigenvalue weighted by atomic mass is 10.1. The van der Waals surface area contributed by atoms with E-state index >= 15 is 0 Å². The summed E-state index contributed by atoms with van der Waals surface area (Å²) in [4.78, 5) is 16.9. The molecule has 1 aromatic heterocycles. The fourth-order valence-electron chi connectivity index (χ4n) is 1.53. The number of hydrogen-bond donors (Lipinski definition) is 0. The number of benzene rings is 1. The summed E-state index contributed by atoms with van der Waals surface area (Å²) >= 11 is 0. The summed E-state index contributed by atoms with van der Waals surface area (Å²) in [6, 6.07) is 7.87. The molecule has 1 heterocycles. The van der Waals surface area contributed by atoms with Crippen LogP contribution in [0.5, 0.6) is 0 Å². The van der Waals surface area contributed by atoms with Crippen LogP contribution in [0.4, 0.5) is 0 Å². The van der Waals surface area contributed by atoms with Crippen molar-refractivity contribution < 1.29 is 9.32 Å². The van der Waals surface area contributed by atoms with Crippen molar-refractivity contribution in [3.05, 3.63) is 35.7 Å². The fraction of sp³-hybridized carbons (Fsp3) is 0.308. The van der Waals surface area contributed by atoms with Gasteiger partial charge in [0, 0.05) is 19.5 Å². The van der Waals surface area contributed by atoms with Crippen LogP contribution in [0.2, 0.25) is 0 Å². The molecule has 0 atom stereocenters. The molecule has 94 valence electrons. The lowest BCUT2D eigenvalue weighted by Gasteiger charge is -2.10. The molecular weight excluding hydrogens is 230 g/mol. The van der Waals surface area contributed by atoms with Gasteiger partial charge in [0.1, 0.15) is 0 Å². The van der Waals surface area contributed by atoms with Crippen molar-refractivity contribution in [2.45, 2.75) is 20.4 Å². The van der Waals surface area contributed by atoms with Gasteiger partial charge < -0.3 is 9.42 Å². The molecule has 0 aliphatic heterocycles. The van der Waals surface area contributed by atoms with Gasteiger partial charge in [0.05, 0.1) is 6.54 Å². The van der Waals surface area contributed by atoms with Crippen molar-refractivity contribution in [3.63, 3.8) is 0 Å². The smallest absolute Gasteiger partial charge is 0.246 e. The molecule has 0 fully saturated rings. The van der Waals surface area contributed by atoms with E-state index in [2.05, 4.69) is 10.1 Å². The van der Waals surface area contributed by atoms with Crippen LogP contribution in [0.3, 0.4) is 0 Å². The lowest BCUT2D eigenvalue weighted by molar-refractivity contribution is -0.128. The van der Waals surface area contributed by atoms with E-state index in [0.717, 1.165) is 11.1 Å². The minimum atomic E-state index is -0.0368. The van der Waals surface area contributed by atoms with Crippen molar-refractivity contribution in [1.29, 1.82) is 0 Å². The average Bonchev–Trinajstić information content (AvgIpc) is 2.77. The molecule has 0 spiro atoms. The molecular formula is C13H15N3O2. The maximum atomic E-state index is 11.1. The minimum Gasteiger partial charge on any atom is -0.337 e. The molecule has 0 aliphatic carbocycles. The number of nitrogens with zero attached hydrogens (tertiary/aromatic N) is 3. The van der Waals surface area contributed by atoms with Gasteiger partial charge in [0.2, 0.25) is 17.6 Å². The van der Waals surface area contributed by atoms with Crippen LogP contribution in [0.15, 0.2) is 28.8 Å². The number of amides is 1. The van der Waals surface area contributed by atoms with Crippen molar-refractivity contribution in [2.24, 2.45) is 0 Å². The molecule has 0 N–H and O–H groups in total. The van der Waals surface area contributed by atoms with E-state index in [1.54, 1.807) is 7.05 Å². The van der Waals surface area contributed by atoms with Gasteiger partial charge in [-0.2, -0.15) is 4.98 Å². The standard InChI is InChI=1S/C13H15N3O2/c1-9-5-4-6-11(7-9)13-14-12(18-15-13)8-16(3)10(2)17/h4-7H,8H2,1-3H3. The molecule has 0 aliphatic rings. The molecule has 5 heteroatoms. The number of rotatable bonds is 3. The van der Waals surface area contributed by atoms with E-state index in [1.165, 1.54) is 11.8 Å². The van der Waals surface area contributed by atoms with Gasteiger partial charge in [0.15, 0.2) is 0 Å². The van der Waals surface area contributed by atoms with Crippen molar-refractivity contribution in [1.82, 2.24) is 15.0 Å². The Morgan fingerprint density at radius 3 is 2.89 bits per heavy atom. The molecule has 1 aromatic carbocycles. The first-order valence-corrected chi connectivity index (χ1v) is 5.67. The number of carbonyl (C=O) groups excluding carboxylic acids is 1. The van der Waals surface area contributed by atoms with E-state index in [9.17, 15) is 4.79 Å². The second-order valence-electron chi connectivity index (χ2n) is 4.26. The van der Waals surface area contributed by atoms with Gasteiger partial charge in [-0.1, -0.05) is 28.9 Å². The zero-order chi connectivity index (χ0) is 13.1. The minimum absolute atomic E-state index is 0.0368. The van der Waals surface area contributed by atoms with Gasteiger partial charge in [0.25, 0.3) is 0 Å². The normalized spacial score (nSPS) is 10.4. The van der Waals surface area contributed by atoms with Crippen LogP contribution in [0.1, 0.15) is 18.4 Å². The Hall–Kier alpha value is -2.17. The number of aromatic nitrogens is 2. The Kier molecular flexibility index (Phi) is 3.41. The van der Waals surface area contributed by atoms with E-state index < -0.39 is 0 Å². The molecule has 0 unspecified atom stereocenters. The summed E-state index contributed by atoms with van der Waals surface area (Å²) in [6.07, 6.45) is 0. The Balaban J connectivity index is 2.18. The van der Waals surface area contributed by atoms with Gasteiger partial charge in [-0.15, -0.1) is 0 Å². The van der Waals surface area contributed by atoms with Crippen molar-refractivity contribution >= 4 is 5.91 Å². The van der Waals surface area contributed by atoms with Crippen LogP contribution < -0.4 is 0 Å². The summed E-state index contributed by atoms with van der Waals surface area (Å²) in [5.41, 5.74) is 2.05. The monoisotopic (exact) mass is 245 g/mol. The molecule has 1 amide bonds. The van der Waals surface area contributed by atoms with E-state index in [-0.39, 0.29) is 5.91 Å². The lowest BCUT2D eigenvalue weighted by Crippen LogP contribution is -2.23. The maximum Gasteiger partial charge on any atom is 0.246 e. The summed E-state index contributed by atoms with van der Waals surface area (Å²) in [5, 5.41) is 3.92. The highest BCUT2D eigenvalue weighted by Gasteiger charge is 2.11. The first-order valence-electron chi connectivity index (χ1n) is 5.67. The quantitative estimate of drug-likeness (QED) is 0.830. The Bertz CT molecular complexity index is 563. The van der Waals surface area contributed by atoms with Gasteiger partial charge in [-0.25, -0.2) is 0 Å². The zero-order valence-electron chi connectivity index (χ0n) is 10.7. The molecule has 0 saturated heterocycles. The molecule has 5 nitrogen and oxygen atoms in total. The topological polar surface area (TPSA) is 59.2 Å². The van der Waals surface area contributed by atoms with Crippen LogP contribution in [0, 0.1) is 6.92 Å². The highest BCUT2D eigenvalue weighted by Crippen LogP contribution is 2.17. The summed E-state index contributed by atoms with van der Waals surface area (Å²) in [7, 11) is 1.69. The van der Waals surface area contributed by atoms with Crippen LogP contribution in [0.25, 0.3) is 11.4 Å². The number of hydrogen-bond acceptors (Lipinski definition) is 4. The Morgan fingerprint density at radius 2 is 2.22 bits per heavy atom. The van der Waals surface area contributed by atoms with Crippen LogP contribution in [-0.2, 0) is 11.3 Å². The molecule has 0 radical (unpaired) electrons. The molecule has 0 bridgehead atoms. The highest BCUT2D eigenvalue weighted by atomic mass is 16.5. The van der Waals surface area contributed by atoms with E-state index in [1.807, 2.05) is 31.2 Å². The largest absolute Gasteiger partial charge is 0.337 e. The predicted octanol–water partition coefficient (Wildman–Crippen LogP) is 2.02. The third-order valence-corrected chi connectivity index (χ3v) is 2.65. The Labute approximate surface area is 105 Å². The van der Waals surface area contributed by atoms with Crippen molar-refractivity contribution in [3.8, 4) is 11.4 Å². The third kappa shape index (κ3) is 2.74. The Morgan fingerprint density at radius 1 is 1.44 bits per heavy atom. The SMILES string of the molecule is CC(=O)N(C)Cc1nc(-c2cccc(C)c2)no1. The number of carbonyl (C=O) groups is 1. The molecule has 18 heavy (non-hydrogen) atoms. The first kappa shape index (κ1) is 12.3. The average molecular weight is 245 g/mol. The second kappa shape index (κ2) is 5.00. The third-order valence-electron chi connectivity index (χ3n) is 2.65. The predicted molar refractivity (Wildman–Crippen MR) is 66.6 cm³/mol. The zero-order valence-corrected chi connectivity index (χ0v) is 10.7. The number of aryl methyl sites for hydroxylation is 1. The van der Waals surface area contributed by atoms with Gasteiger partial charge in [-0.3, -0.25) is 4.79 Å². The highest BCUT2D eigenvalue weighted by molar-refractivity contribution is 5.72. The molecule has 2 aromatic rings. The molecule has 2 rings (SSSR count). The summed E-state index contributed by atoms with van der Waals surface area (Å²) in [6.45, 7) is 3.83. The summed E-state index contributed by atoms with van der Waals surface area (Å²) in [5.74, 6) is 0.945. The second-order valence-corrected chi connectivity index (χ2v) is 4.26.